The molecule has 1 amide bonds. The summed E-state index contributed by atoms with van der Waals surface area (Å²) in [7, 11) is 0. The first-order chi connectivity index (χ1) is 12.2. The van der Waals surface area contributed by atoms with E-state index >= 15 is 0 Å². The van der Waals surface area contributed by atoms with Crippen LogP contribution in [0.2, 0.25) is 0 Å². The van der Waals surface area contributed by atoms with Crippen molar-refractivity contribution in [3.63, 3.8) is 0 Å². The van der Waals surface area contributed by atoms with Gasteiger partial charge in [-0.05, 0) is 43.4 Å². The lowest BCUT2D eigenvalue weighted by Gasteiger charge is -2.06. The third-order valence-corrected chi connectivity index (χ3v) is 5.13. The van der Waals surface area contributed by atoms with E-state index in [0.717, 1.165) is 49.0 Å². The second-order valence-corrected chi connectivity index (χ2v) is 7.11. The topological polar surface area (TPSA) is 73.0 Å². The predicted octanol–water partition coefficient (Wildman–Crippen LogP) is 3.05. The Bertz CT molecular complexity index is 789. The lowest BCUT2D eigenvalue weighted by molar-refractivity contribution is -0.116. The fraction of sp³-hybridized carbons (Fsp3) is 0.526. The van der Waals surface area contributed by atoms with Gasteiger partial charge in [-0.25, -0.2) is 0 Å². The van der Waals surface area contributed by atoms with Crippen LogP contribution in [0.3, 0.4) is 0 Å². The molecule has 6 nitrogen and oxygen atoms in total. The molecule has 132 valence electrons. The van der Waals surface area contributed by atoms with Crippen molar-refractivity contribution >= 4 is 12.0 Å². The highest BCUT2D eigenvalue weighted by Gasteiger charge is 2.36. The number of aromatic nitrogens is 3. The van der Waals surface area contributed by atoms with Crippen molar-refractivity contribution in [2.45, 2.75) is 58.0 Å². The van der Waals surface area contributed by atoms with Crippen LogP contribution in [0, 0.1) is 5.92 Å². The minimum Gasteiger partial charge on any atom is -0.461 e. The molecular weight excluding hydrogens is 316 g/mol. The highest BCUT2D eigenvalue weighted by atomic mass is 16.3. The van der Waals surface area contributed by atoms with E-state index in [9.17, 15) is 4.79 Å². The third-order valence-electron chi connectivity index (χ3n) is 5.13. The second kappa shape index (κ2) is 6.86. The van der Waals surface area contributed by atoms with Gasteiger partial charge in [0.15, 0.2) is 5.82 Å². The van der Waals surface area contributed by atoms with Gasteiger partial charge in [-0.2, -0.15) is 0 Å². The van der Waals surface area contributed by atoms with Gasteiger partial charge >= 0.3 is 0 Å². The number of hydrogen-bond acceptors (Lipinski definition) is 4. The number of furan rings is 1. The summed E-state index contributed by atoms with van der Waals surface area (Å²) in [5, 5.41) is 11.4. The number of fused-ring (bicyclic) bond motifs is 1. The predicted molar refractivity (Wildman–Crippen MR) is 93.7 cm³/mol. The molecule has 2 aromatic heterocycles. The fourth-order valence-corrected chi connectivity index (χ4v) is 3.43. The Morgan fingerprint density at radius 2 is 2.24 bits per heavy atom. The Hall–Kier alpha value is -2.37. The van der Waals surface area contributed by atoms with Gasteiger partial charge in [0.25, 0.3) is 0 Å². The van der Waals surface area contributed by atoms with Crippen molar-refractivity contribution in [1.82, 2.24) is 20.1 Å². The molecule has 1 N–H and O–H groups in total. The lowest BCUT2D eigenvalue weighted by atomic mass is 10.2. The van der Waals surface area contributed by atoms with Gasteiger partial charge in [0.2, 0.25) is 5.91 Å². The highest BCUT2D eigenvalue weighted by molar-refractivity contribution is 5.91. The number of amides is 1. The minimum atomic E-state index is -0.149. The van der Waals surface area contributed by atoms with Crippen molar-refractivity contribution in [2.75, 3.05) is 0 Å². The average Bonchev–Trinajstić information content (AvgIpc) is 3.06. The van der Waals surface area contributed by atoms with Crippen LogP contribution in [0.25, 0.3) is 6.08 Å². The monoisotopic (exact) mass is 340 g/mol. The van der Waals surface area contributed by atoms with Crippen LogP contribution >= 0.6 is 0 Å². The molecule has 25 heavy (non-hydrogen) atoms. The van der Waals surface area contributed by atoms with Crippen molar-refractivity contribution < 1.29 is 9.21 Å². The number of carbonyl (C=O) groups is 1. The molecule has 1 fully saturated rings. The zero-order valence-corrected chi connectivity index (χ0v) is 14.6. The maximum Gasteiger partial charge on any atom is 0.244 e. The molecule has 1 aliphatic carbocycles. The number of nitrogens with zero attached hydrogens (tertiary/aromatic N) is 3. The first-order valence-corrected chi connectivity index (χ1v) is 9.17. The van der Waals surface area contributed by atoms with E-state index in [1.165, 1.54) is 18.9 Å². The van der Waals surface area contributed by atoms with Crippen LogP contribution in [-0.2, 0) is 24.3 Å². The highest BCUT2D eigenvalue weighted by Crippen LogP contribution is 2.47. The molecule has 2 aliphatic rings. The van der Waals surface area contributed by atoms with Crippen molar-refractivity contribution in [2.24, 2.45) is 5.92 Å². The molecule has 1 aliphatic heterocycles. The number of rotatable bonds is 5. The van der Waals surface area contributed by atoms with E-state index in [4.69, 9.17) is 4.42 Å². The van der Waals surface area contributed by atoms with E-state index in [2.05, 4.69) is 27.0 Å². The summed E-state index contributed by atoms with van der Waals surface area (Å²) in [6.45, 7) is 3.57. The van der Waals surface area contributed by atoms with Crippen LogP contribution in [-0.4, -0.2) is 20.7 Å². The summed E-state index contributed by atoms with van der Waals surface area (Å²) in [6.07, 6.45) is 8.93. The van der Waals surface area contributed by atoms with Crippen molar-refractivity contribution in [3.05, 3.63) is 41.4 Å². The van der Waals surface area contributed by atoms with Crippen LogP contribution in [0.15, 0.2) is 22.6 Å². The van der Waals surface area contributed by atoms with Gasteiger partial charge in [0.05, 0.1) is 6.54 Å². The van der Waals surface area contributed by atoms with Gasteiger partial charge in [-0.3, -0.25) is 4.79 Å². The normalized spacial score (nSPS) is 22.6. The average molecular weight is 340 g/mol. The molecular formula is C19H24N4O2. The molecule has 0 aromatic carbocycles. The van der Waals surface area contributed by atoms with Crippen LogP contribution in [0.4, 0.5) is 0 Å². The van der Waals surface area contributed by atoms with Crippen LogP contribution < -0.4 is 5.32 Å². The number of aryl methyl sites for hydroxylation is 1. The van der Waals surface area contributed by atoms with Gasteiger partial charge in [-0.1, -0.05) is 13.3 Å². The summed E-state index contributed by atoms with van der Waals surface area (Å²) in [5.41, 5.74) is 0. The molecule has 6 heteroatoms. The maximum absolute atomic E-state index is 12.1. The maximum atomic E-state index is 12.1. The molecule has 4 rings (SSSR count). The second-order valence-electron chi connectivity index (χ2n) is 7.11. The molecule has 2 aromatic rings. The molecule has 2 atom stereocenters. The number of hydrogen-bond donors (Lipinski definition) is 1. The Kier molecular flexibility index (Phi) is 4.42. The fourth-order valence-electron chi connectivity index (χ4n) is 3.43. The van der Waals surface area contributed by atoms with Gasteiger partial charge in [0.1, 0.15) is 17.3 Å². The third kappa shape index (κ3) is 3.67. The van der Waals surface area contributed by atoms with Crippen molar-refractivity contribution in [1.29, 1.82) is 0 Å². The SMILES string of the molecule is C[C@@H]1C[C@@H]1c1ccc(/C=C/C(=O)NCc2nnc3n2CCCCC3)o1. The summed E-state index contributed by atoms with van der Waals surface area (Å²) in [6, 6.07) is 3.93. The van der Waals surface area contributed by atoms with E-state index in [0.29, 0.717) is 18.4 Å². The van der Waals surface area contributed by atoms with E-state index in [1.54, 1.807) is 6.08 Å². The standard InChI is InChI=1S/C19H24N4O2/c1-13-11-15(13)16-8-6-14(25-16)7-9-19(24)20-12-18-22-21-17-5-3-2-4-10-23(17)18/h6-9,13,15H,2-5,10-12H2,1H3,(H,20,24)/b9-7+/t13-,15+/m1/s1. The van der Waals surface area contributed by atoms with E-state index in [-0.39, 0.29) is 5.91 Å². The molecule has 0 unspecified atom stereocenters. The molecule has 0 radical (unpaired) electrons. The molecule has 0 bridgehead atoms. The van der Waals surface area contributed by atoms with E-state index < -0.39 is 0 Å². The molecule has 3 heterocycles. The quantitative estimate of drug-likeness (QED) is 0.849. The molecule has 0 saturated heterocycles. The number of carbonyl (C=O) groups excluding carboxylic acids is 1. The smallest absolute Gasteiger partial charge is 0.244 e. The number of nitrogens with one attached hydrogen (secondary N) is 1. The Balaban J connectivity index is 1.32. The lowest BCUT2D eigenvalue weighted by Crippen LogP contribution is -2.23. The zero-order valence-electron chi connectivity index (χ0n) is 14.6. The first-order valence-electron chi connectivity index (χ1n) is 9.17. The summed E-state index contributed by atoms with van der Waals surface area (Å²) < 4.78 is 7.92. The minimum absolute atomic E-state index is 0.149. The Labute approximate surface area is 147 Å². The van der Waals surface area contributed by atoms with Crippen LogP contribution in [0.5, 0.6) is 0 Å². The Morgan fingerprint density at radius 1 is 1.36 bits per heavy atom. The van der Waals surface area contributed by atoms with Gasteiger partial charge in [-0.15, -0.1) is 10.2 Å². The summed E-state index contributed by atoms with van der Waals surface area (Å²) in [4.78, 5) is 12.1. The van der Waals surface area contributed by atoms with Crippen LogP contribution in [0.1, 0.15) is 61.7 Å². The molecule has 1 saturated carbocycles. The summed E-state index contributed by atoms with van der Waals surface area (Å²) in [5.74, 6) is 4.74. The van der Waals surface area contributed by atoms with Gasteiger partial charge in [0, 0.05) is 25.0 Å². The van der Waals surface area contributed by atoms with E-state index in [1.807, 2.05) is 12.1 Å². The largest absolute Gasteiger partial charge is 0.461 e. The van der Waals surface area contributed by atoms with Crippen molar-refractivity contribution in [3.8, 4) is 0 Å². The Morgan fingerprint density at radius 3 is 3.08 bits per heavy atom. The van der Waals surface area contributed by atoms with Gasteiger partial charge < -0.3 is 14.3 Å². The first kappa shape index (κ1) is 16.1. The summed E-state index contributed by atoms with van der Waals surface area (Å²) >= 11 is 0. The zero-order chi connectivity index (χ0) is 17.2. The molecule has 0 spiro atoms.